The zero-order valence-electron chi connectivity index (χ0n) is 13.6. The van der Waals surface area contributed by atoms with Crippen molar-refractivity contribution >= 4 is 28.9 Å². The average Bonchev–Trinajstić information content (AvgIpc) is 2.57. The van der Waals surface area contributed by atoms with Gasteiger partial charge in [0, 0.05) is 11.4 Å². The summed E-state index contributed by atoms with van der Waals surface area (Å²) in [5.74, 6) is -0.141. The maximum Gasteiger partial charge on any atom is 0.255 e. The Hall–Kier alpha value is -2.66. The van der Waals surface area contributed by atoms with Gasteiger partial charge in [0.2, 0.25) is 0 Å². The largest absolute Gasteiger partial charge is 0.351 e. The van der Waals surface area contributed by atoms with E-state index in [2.05, 4.69) is 16.0 Å². The molecule has 0 saturated carbocycles. The summed E-state index contributed by atoms with van der Waals surface area (Å²) < 4.78 is 0. The number of hydrogen-bond donors (Lipinski definition) is 3. The van der Waals surface area contributed by atoms with Gasteiger partial charge in [0.05, 0.1) is 11.6 Å². The molecule has 0 bridgehead atoms. The number of anilines is 1. The Morgan fingerprint density at radius 3 is 2.42 bits per heavy atom. The van der Waals surface area contributed by atoms with Crippen LogP contribution in [0.4, 0.5) is 5.69 Å². The minimum Gasteiger partial charge on any atom is -0.351 e. The number of aryl methyl sites for hydroxylation is 1. The third kappa shape index (κ3) is 3.31. The summed E-state index contributed by atoms with van der Waals surface area (Å²) in [5.41, 5.74) is 4.22. The molecule has 3 N–H and O–H groups in total. The summed E-state index contributed by atoms with van der Waals surface area (Å²) in [6.07, 6.45) is 0. The van der Waals surface area contributed by atoms with E-state index in [0.29, 0.717) is 10.7 Å². The average molecular weight is 337 g/mol. The van der Waals surface area contributed by atoms with Gasteiger partial charge in [-0.25, -0.2) is 0 Å². The molecule has 2 aromatic rings. The zero-order valence-corrected chi connectivity index (χ0v) is 14.4. The molecule has 0 aromatic heterocycles. The molecular formula is C19H19N3OS. The van der Waals surface area contributed by atoms with E-state index >= 15 is 0 Å². The van der Waals surface area contributed by atoms with E-state index in [1.165, 1.54) is 0 Å². The number of carbonyl (C=O) groups excluding carboxylic acids is 1. The lowest BCUT2D eigenvalue weighted by Gasteiger charge is -2.30. The van der Waals surface area contributed by atoms with Crippen LogP contribution in [-0.2, 0) is 4.79 Å². The Balaban J connectivity index is 1.95. The lowest BCUT2D eigenvalue weighted by atomic mass is 9.95. The second-order valence-corrected chi connectivity index (χ2v) is 6.16. The van der Waals surface area contributed by atoms with Gasteiger partial charge in [0.25, 0.3) is 5.91 Å². The van der Waals surface area contributed by atoms with Gasteiger partial charge in [-0.2, -0.15) is 0 Å². The summed E-state index contributed by atoms with van der Waals surface area (Å²) in [6.45, 7) is 3.84. The number of rotatable bonds is 3. The molecular weight excluding hydrogens is 318 g/mol. The van der Waals surface area contributed by atoms with Gasteiger partial charge < -0.3 is 16.0 Å². The quantitative estimate of drug-likeness (QED) is 0.751. The minimum atomic E-state index is -0.274. The van der Waals surface area contributed by atoms with Crippen LogP contribution in [-0.4, -0.2) is 11.0 Å². The van der Waals surface area contributed by atoms with Crippen molar-refractivity contribution in [2.75, 3.05) is 5.32 Å². The summed E-state index contributed by atoms with van der Waals surface area (Å²) >= 11 is 5.26. The van der Waals surface area contributed by atoms with Crippen molar-refractivity contribution in [2.45, 2.75) is 19.9 Å². The van der Waals surface area contributed by atoms with Crippen LogP contribution in [0.1, 0.15) is 24.1 Å². The maximum atomic E-state index is 12.9. The Morgan fingerprint density at radius 1 is 1.04 bits per heavy atom. The van der Waals surface area contributed by atoms with Crippen molar-refractivity contribution in [3.8, 4) is 0 Å². The monoisotopic (exact) mass is 337 g/mol. The maximum absolute atomic E-state index is 12.9. The number of para-hydroxylation sites is 1. The highest BCUT2D eigenvalue weighted by molar-refractivity contribution is 7.80. The molecule has 4 nitrogen and oxygen atoms in total. The lowest BCUT2D eigenvalue weighted by molar-refractivity contribution is -0.113. The van der Waals surface area contributed by atoms with Gasteiger partial charge in [-0.1, -0.05) is 48.5 Å². The highest BCUT2D eigenvalue weighted by Gasteiger charge is 2.29. The van der Waals surface area contributed by atoms with Crippen LogP contribution in [0.2, 0.25) is 0 Å². The normalized spacial score (nSPS) is 17.1. The molecule has 24 heavy (non-hydrogen) atoms. The Bertz CT molecular complexity index is 814. The summed E-state index contributed by atoms with van der Waals surface area (Å²) in [6, 6.07) is 17.3. The summed E-state index contributed by atoms with van der Waals surface area (Å²) in [5, 5.41) is 9.77. The van der Waals surface area contributed by atoms with Crippen LogP contribution in [0.3, 0.4) is 0 Å². The lowest BCUT2D eigenvalue weighted by Crippen LogP contribution is -2.45. The summed E-state index contributed by atoms with van der Waals surface area (Å²) in [4.78, 5) is 12.9. The van der Waals surface area contributed by atoms with Crippen LogP contribution in [0.5, 0.6) is 0 Å². The molecule has 0 spiro atoms. The van der Waals surface area contributed by atoms with E-state index in [9.17, 15) is 4.79 Å². The number of thiocarbonyl (C=S) groups is 1. The van der Waals surface area contributed by atoms with E-state index < -0.39 is 0 Å². The van der Waals surface area contributed by atoms with Gasteiger partial charge in [-0.05, 0) is 43.3 Å². The number of carbonyl (C=O) groups is 1. The molecule has 1 atom stereocenters. The molecule has 1 amide bonds. The Kier molecular flexibility index (Phi) is 4.62. The van der Waals surface area contributed by atoms with Crippen LogP contribution in [0.25, 0.3) is 0 Å². The highest BCUT2D eigenvalue weighted by Crippen LogP contribution is 2.28. The van der Waals surface area contributed by atoms with Gasteiger partial charge in [-0.3, -0.25) is 4.79 Å². The fourth-order valence-electron chi connectivity index (χ4n) is 2.79. The van der Waals surface area contributed by atoms with E-state index in [4.69, 9.17) is 12.2 Å². The smallest absolute Gasteiger partial charge is 0.255 e. The fraction of sp³-hybridized carbons (Fsp3) is 0.158. The third-order valence-electron chi connectivity index (χ3n) is 4.04. The zero-order chi connectivity index (χ0) is 17.1. The van der Waals surface area contributed by atoms with Crippen molar-refractivity contribution in [3.05, 3.63) is 77.0 Å². The fourth-order valence-corrected chi connectivity index (χ4v) is 3.06. The van der Waals surface area contributed by atoms with Crippen molar-refractivity contribution in [3.63, 3.8) is 0 Å². The molecule has 0 radical (unpaired) electrons. The molecule has 3 rings (SSSR count). The molecule has 1 aliphatic heterocycles. The number of hydrogen-bond acceptors (Lipinski definition) is 2. The number of nitrogens with one attached hydrogen (secondary N) is 3. The SMILES string of the molecule is CC1=C(C(=O)Nc2ccccc2C)[C@@H](c2ccccc2)NC(=S)N1. The standard InChI is InChI=1S/C19H19N3OS/c1-12-8-6-7-11-15(12)21-18(23)16-13(2)20-19(24)22-17(16)14-9-4-3-5-10-14/h3-11,17H,1-2H3,(H,21,23)(H2,20,22,24)/t17-/m1/s1. The van der Waals surface area contributed by atoms with Crippen LogP contribution in [0.15, 0.2) is 65.9 Å². The molecule has 0 aliphatic carbocycles. The van der Waals surface area contributed by atoms with Crippen molar-refractivity contribution < 1.29 is 4.79 Å². The van der Waals surface area contributed by atoms with Crippen LogP contribution < -0.4 is 16.0 Å². The molecule has 2 aromatic carbocycles. The van der Waals surface area contributed by atoms with Gasteiger partial charge >= 0.3 is 0 Å². The molecule has 0 saturated heterocycles. The van der Waals surface area contributed by atoms with Gasteiger partial charge in [0.15, 0.2) is 5.11 Å². The van der Waals surface area contributed by atoms with E-state index in [1.54, 1.807) is 0 Å². The first kappa shape index (κ1) is 16.2. The first-order chi connectivity index (χ1) is 11.6. The first-order valence-corrected chi connectivity index (χ1v) is 8.17. The van der Waals surface area contributed by atoms with Crippen molar-refractivity contribution in [1.82, 2.24) is 10.6 Å². The second kappa shape index (κ2) is 6.84. The Labute approximate surface area is 147 Å². The predicted molar refractivity (Wildman–Crippen MR) is 101 cm³/mol. The molecule has 122 valence electrons. The Morgan fingerprint density at radius 2 is 1.71 bits per heavy atom. The molecule has 5 heteroatoms. The van der Waals surface area contributed by atoms with E-state index in [1.807, 2.05) is 68.4 Å². The van der Waals surface area contributed by atoms with E-state index in [-0.39, 0.29) is 11.9 Å². The van der Waals surface area contributed by atoms with Crippen LogP contribution in [0, 0.1) is 6.92 Å². The second-order valence-electron chi connectivity index (χ2n) is 5.75. The van der Waals surface area contributed by atoms with Gasteiger partial charge in [0.1, 0.15) is 0 Å². The topological polar surface area (TPSA) is 53.2 Å². The number of allylic oxidation sites excluding steroid dienone is 1. The predicted octanol–water partition coefficient (Wildman–Crippen LogP) is 3.43. The molecule has 0 unspecified atom stereocenters. The van der Waals surface area contributed by atoms with Crippen molar-refractivity contribution in [1.29, 1.82) is 0 Å². The molecule has 1 aliphatic rings. The van der Waals surface area contributed by atoms with Crippen LogP contribution >= 0.6 is 12.2 Å². The van der Waals surface area contributed by atoms with Crippen molar-refractivity contribution in [2.24, 2.45) is 0 Å². The number of amides is 1. The highest BCUT2D eigenvalue weighted by atomic mass is 32.1. The third-order valence-corrected chi connectivity index (χ3v) is 4.26. The van der Waals surface area contributed by atoms with E-state index in [0.717, 1.165) is 22.5 Å². The summed E-state index contributed by atoms with van der Waals surface area (Å²) in [7, 11) is 0. The molecule has 1 heterocycles. The number of benzene rings is 2. The minimum absolute atomic E-state index is 0.141. The first-order valence-electron chi connectivity index (χ1n) is 7.76. The molecule has 0 fully saturated rings. The van der Waals surface area contributed by atoms with Gasteiger partial charge in [-0.15, -0.1) is 0 Å².